The first-order chi connectivity index (χ1) is 9.38. The molecule has 114 valence electrons. The molecule has 0 aromatic rings. The molecular formula is C15H26N2O3. The molecule has 0 aliphatic carbocycles. The largest absolute Gasteiger partial charge is 0.375 e. The van der Waals surface area contributed by atoms with Crippen molar-refractivity contribution in [1.29, 1.82) is 0 Å². The summed E-state index contributed by atoms with van der Waals surface area (Å²) in [6, 6.07) is -0.808. The lowest BCUT2D eigenvalue weighted by Crippen LogP contribution is -2.65. The summed E-state index contributed by atoms with van der Waals surface area (Å²) in [5, 5.41) is 2.82. The molecule has 0 aromatic carbocycles. The van der Waals surface area contributed by atoms with Crippen molar-refractivity contribution in [3.05, 3.63) is 12.2 Å². The number of carbonyl (C=O) groups is 2. The van der Waals surface area contributed by atoms with Gasteiger partial charge in [-0.1, -0.05) is 32.9 Å². The summed E-state index contributed by atoms with van der Waals surface area (Å²) in [5.74, 6) is 0.0131. The van der Waals surface area contributed by atoms with Crippen molar-refractivity contribution in [1.82, 2.24) is 10.2 Å². The third kappa shape index (κ3) is 4.07. The highest BCUT2D eigenvalue weighted by molar-refractivity contribution is 5.97. The average molecular weight is 282 g/mol. The summed E-state index contributed by atoms with van der Waals surface area (Å²) < 4.78 is 5.44. The number of piperazine rings is 1. The van der Waals surface area contributed by atoms with Gasteiger partial charge < -0.3 is 15.0 Å². The van der Waals surface area contributed by atoms with E-state index in [0.29, 0.717) is 26.2 Å². The number of hydrogen-bond acceptors (Lipinski definition) is 3. The van der Waals surface area contributed by atoms with Gasteiger partial charge in [-0.3, -0.25) is 9.59 Å². The predicted octanol–water partition coefficient (Wildman–Crippen LogP) is 1.34. The van der Waals surface area contributed by atoms with Crippen LogP contribution in [0.1, 0.15) is 34.1 Å². The molecule has 2 amide bonds. The molecular weight excluding hydrogens is 256 g/mol. The van der Waals surface area contributed by atoms with Gasteiger partial charge in [-0.25, -0.2) is 0 Å². The number of amides is 2. The first kappa shape index (κ1) is 16.7. The maximum absolute atomic E-state index is 12.4. The third-order valence-electron chi connectivity index (χ3n) is 3.40. The van der Waals surface area contributed by atoms with Gasteiger partial charge in [0, 0.05) is 6.54 Å². The van der Waals surface area contributed by atoms with E-state index < -0.39 is 6.04 Å². The number of nitrogens with zero attached hydrogens (tertiary/aromatic N) is 1. The van der Waals surface area contributed by atoms with Crippen LogP contribution in [0.3, 0.4) is 0 Å². The van der Waals surface area contributed by atoms with Crippen LogP contribution >= 0.6 is 0 Å². The predicted molar refractivity (Wildman–Crippen MR) is 78.2 cm³/mol. The maximum atomic E-state index is 12.4. The minimum absolute atomic E-state index is 0.00891. The van der Waals surface area contributed by atoms with Crippen LogP contribution in [-0.2, 0) is 14.3 Å². The molecule has 1 rings (SSSR count). The molecule has 1 N–H and O–H groups in total. The van der Waals surface area contributed by atoms with Crippen LogP contribution in [0.15, 0.2) is 12.2 Å². The van der Waals surface area contributed by atoms with E-state index in [9.17, 15) is 9.59 Å². The van der Waals surface area contributed by atoms with Crippen LogP contribution in [0.2, 0.25) is 0 Å². The fraction of sp³-hybridized carbons (Fsp3) is 0.733. The zero-order valence-corrected chi connectivity index (χ0v) is 12.9. The van der Waals surface area contributed by atoms with Crippen molar-refractivity contribution in [2.45, 2.75) is 46.2 Å². The third-order valence-corrected chi connectivity index (χ3v) is 3.40. The van der Waals surface area contributed by atoms with Crippen LogP contribution < -0.4 is 5.32 Å². The minimum atomic E-state index is -0.425. The summed E-state index contributed by atoms with van der Waals surface area (Å²) in [6.45, 7) is 12.8. The lowest BCUT2D eigenvalue weighted by atomic mass is 9.97. The van der Waals surface area contributed by atoms with E-state index >= 15 is 0 Å². The molecule has 2 unspecified atom stereocenters. The molecule has 1 saturated heterocycles. The highest BCUT2D eigenvalue weighted by Crippen LogP contribution is 2.17. The highest BCUT2D eigenvalue weighted by Gasteiger charge is 2.40. The second-order valence-corrected chi connectivity index (χ2v) is 5.70. The molecule has 0 radical (unpaired) electrons. The van der Waals surface area contributed by atoms with Gasteiger partial charge in [0.05, 0.1) is 13.2 Å². The summed E-state index contributed by atoms with van der Waals surface area (Å²) in [6.07, 6.45) is 0.614. The van der Waals surface area contributed by atoms with E-state index in [-0.39, 0.29) is 23.8 Å². The fourth-order valence-corrected chi connectivity index (χ4v) is 2.32. The molecule has 1 aliphatic rings. The standard InChI is InChI=1S/C15H26N2O3/c1-6-12-14(18)16-13(11(4)5)15(19)17(12)7-8-20-9-10(2)3/h11-13H,2,6-9H2,1,3-5H3,(H,16,18). The first-order valence-corrected chi connectivity index (χ1v) is 7.21. The molecule has 0 spiro atoms. The Hall–Kier alpha value is -1.36. The molecule has 2 atom stereocenters. The Morgan fingerprint density at radius 1 is 1.45 bits per heavy atom. The van der Waals surface area contributed by atoms with E-state index in [2.05, 4.69) is 11.9 Å². The Morgan fingerprint density at radius 3 is 2.60 bits per heavy atom. The maximum Gasteiger partial charge on any atom is 0.246 e. The van der Waals surface area contributed by atoms with Gasteiger partial charge in [-0.15, -0.1) is 0 Å². The summed E-state index contributed by atoms with van der Waals surface area (Å²) in [7, 11) is 0. The zero-order valence-electron chi connectivity index (χ0n) is 12.9. The van der Waals surface area contributed by atoms with Crippen molar-refractivity contribution < 1.29 is 14.3 Å². The molecule has 5 heteroatoms. The number of nitrogens with one attached hydrogen (secondary N) is 1. The van der Waals surface area contributed by atoms with Gasteiger partial charge >= 0.3 is 0 Å². The van der Waals surface area contributed by atoms with Gasteiger partial charge in [-0.05, 0) is 19.3 Å². The van der Waals surface area contributed by atoms with Crippen molar-refractivity contribution in [3.63, 3.8) is 0 Å². The van der Waals surface area contributed by atoms with Crippen molar-refractivity contribution in [2.24, 2.45) is 5.92 Å². The Bertz CT molecular complexity index is 379. The Kier molecular flexibility index (Phi) is 6.20. The van der Waals surface area contributed by atoms with Crippen LogP contribution in [-0.4, -0.2) is 48.6 Å². The zero-order chi connectivity index (χ0) is 15.3. The number of rotatable bonds is 7. The van der Waals surface area contributed by atoms with Gasteiger partial charge in [0.25, 0.3) is 0 Å². The van der Waals surface area contributed by atoms with Gasteiger partial charge in [0.2, 0.25) is 11.8 Å². The molecule has 1 aliphatic heterocycles. The Morgan fingerprint density at radius 2 is 2.10 bits per heavy atom. The number of ether oxygens (including phenoxy) is 1. The van der Waals surface area contributed by atoms with Gasteiger partial charge in [-0.2, -0.15) is 0 Å². The van der Waals surface area contributed by atoms with Crippen molar-refractivity contribution >= 4 is 11.8 Å². The minimum Gasteiger partial charge on any atom is -0.375 e. The molecule has 0 bridgehead atoms. The van der Waals surface area contributed by atoms with Crippen LogP contribution in [0.4, 0.5) is 0 Å². The topological polar surface area (TPSA) is 58.6 Å². The quantitative estimate of drug-likeness (QED) is 0.566. The lowest BCUT2D eigenvalue weighted by molar-refractivity contribution is -0.151. The average Bonchev–Trinajstić information content (AvgIpc) is 2.37. The van der Waals surface area contributed by atoms with Crippen LogP contribution in [0.25, 0.3) is 0 Å². The normalized spacial score (nSPS) is 23.1. The summed E-state index contributed by atoms with van der Waals surface area (Å²) >= 11 is 0. The molecule has 5 nitrogen and oxygen atoms in total. The van der Waals surface area contributed by atoms with Gasteiger partial charge in [0.15, 0.2) is 0 Å². The lowest BCUT2D eigenvalue weighted by Gasteiger charge is -2.40. The van der Waals surface area contributed by atoms with E-state index in [1.165, 1.54) is 0 Å². The SMILES string of the molecule is C=C(C)COCCN1C(=O)C(C(C)C)NC(=O)C1CC. The number of hydrogen-bond donors (Lipinski definition) is 1. The van der Waals surface area contributed by atoms with E-state index in [1.807, 2.05) is 27.7 Å². The molecule has 1 heterocycles. The summed E-state index contributed by atoms with van der Waals surface area (Å²) in [5.41, 5.74) is 0.944. The smallest absolute Gasteiger partial charge is 0.246 e. The van der Waals surface area contributed by atoms with Crippen LogP contribution in [0.5, 0.6) is 0 Å². The molecule has 1 fully saturated rings. The number of carbonyl (C=O) groups excluding carboxylic acids is 2. The highest BCUT2D eigenvalue weighted by atomic mass is 16.5. The first-order valence-electron chi connectivity index (χ1n) is 7.21. The van der Waals surface area contributed by atoms with Crippen LogP contribution in [0, 0.1) is 5.92 Å². The van der Waals surface area contributed by atoms with E-state index in [1.54, 1.807) is 4.90 Å². The molecule has 20 heavy (non-hydrogen) atoms. The molecule has 0 saturated carbocycles. The Labute approximate surface area is 121 Å². The summed E-state index contributed by atoms with van der Waals surface area (Å²) in [4.78, 5) is 26.2. The van der Waals surface area contributed by atoms with E-state index in [0.717, 1.165) is 5.57 Å². The monoisotopic (exact) mass is 282 g/mol. The Balaban J connectivity index is 2.68. The molecule has 0 aromatic heterocycles. The van der Waals surface area contributed by atoms with Crippen molar-refractivity contribution in [2.75, 3.05) is 19.8 Å². The van der Waals surface area contributed by atoms with Crippen molar-refractivity contribution in [3.8, 4) is 0 Å². The second kappa shape index (κ2) is 7.43. The second-order valence-electron chi connectivity index (χ2n) is 5.70. The fourth-order valence-electron chi connectivity index (χ4n) is 2.32. The van der Waals surface area contributed by atoms with E-state index in [4.69, 9.17) is 4.74 Å². The van der Waals surface area contributed by atoms with Gasteiger partial charge in [0.1, 0.15) is 12.1 Å².